The number of carbonyl (C=O) groups is 4. The van der Waals surface area contributed by atoms with Crippen LogP contribution in [0.2, 0.25) is 0 Å². The summed E-state index contributed by atoms with van der Waals surface area (Å²) < 4.78 is 83.1. The third-order valence-electron chi connectivity index (χ3n) is 12.6. The molecule has 7 atom stereocenters. The molecule has 0 bridgehead atoms. The molecule has 3 heterocycles. The van der Waals surface area contributed by atoms with Gasteiger partial charge in [0.1, 0.15) is 46.4 Å². The van der Waals surface area contributed by atoms with Crippen molar-refractivity contribution in [3.8, 4) is 11.6 Å². The molecule has 2 aromatic rings. The highest BCUT2D eigenvalue weighted by atomic mass is 32.2. The quantitative estimate of drug-likeness (QED) is 0.269. The molecule has 2 aliphatic heterocycles. The van der Waals surface area contributed by atoms with Crippen LogP contribution in [0.25, 0.3) is 10.8 Å². The first-order valence-corrected chi connectivity index (χ1v) is 21.0. The first kappa shape index (κ1) is 43.0. The Kier molecular flexibility index (Phi) is 11.5. The number of nitrogens with zero attached hydrogens (tertiary/aromatic N) is 3. The second-order valence-electron chi connectivity index (χ2n) is 17.1. The maximum absolute atomic E-state index is 15.3. The van der Waals surface area contributed by atoms with Crippen molar-refractivity contribution in [1.29, 1.82) is 0 Å². The molecule has 0 spiro atoms. The van der Waals surface area contributed by atoms with Crippen molar-refractivity contribution >= 4 is 44.6 Å². The summed E-state index contributed by atoms with van der Waals surface area (Å²) in [6.07, 6.45) is 3.40. The van der Waals surface area contributed by atoms with Gasteiger partial charge in [0.2, 0.25) is 27.7 Å². The standard InChI is InChI=1S/C40H52F3N5O9S/c1-23-11-7-8-12-25-19-40(25,35(51)46-58(54,55)39(22-41)15-16-39)45-32(49)29-18-26(57-33-28-14-10-9-13-27(28)30(56-6)20-44-33)21-47(29)34(50)31(24(2)17-23)48(36(52)53)37(3,4)38(5,42)43/h8-10,12-14,20,23-26,29,31H,7,11,15-19,21-22H2,1-6H3,(H,45,49)(H,46,51)(H,52,53)/t23-,24+,25+,26+,29-,31-,40+/m0/s1. The number of allylic oxidation sites excluding steroid dienone is 1. The van der Waals surface area contributed by atoms with Crippen molar-refractivity contribution in [2.45, 2.75) is 119 Å². The number of hydrogen-bond acceptors (Lipinski definition) is 9. The summed E-state index contributed by atoms with van der Waals surface area (Å²) in [5.41, 5.74) is -4.18. The molecular formula is C40H52F3N5O9S. The maximum Gasteiger partial charge on any atom is 0.408 e. The van der Waals surface area contributed by atoms with E-state index >= 15 is 13.6 Å². The molecule has 1 aromatic heterocycles. The van der Waals surface area contributed by atoms with Gasteiger partial charge in [0.15, 0.2) is 0 Å². The highest BCUT2D eigenvalue weighted by Gasteiger charge is 2.64. The van der Waals surface area contributed by atoms with Crippen LogP contribution < -0.4 is 19.5 Å². The van der Waals surface area contributed by atoms with E-state index in [2.05, 4.69) is 10.3 Å². The van der Waals surface area contributed by atoms with E-state index in [4.69, 9.17) is 9.47 Å². The fraction of sp³-hybridized carbons (Fsp3) is 0.625. The van der Waals surface area contributed by atoms with Gasteiger partial charge in [-0.2, -0.15) is 0 Å². The normalized spacial score (nSPS) is 28.9. The minimum absolute atomic E-state index is 0.00332. The average Bonchev–Trinajstić information content (AvgIpc) is 4.06. The van der Waals surface area contributed by atoms with Crippen molar-refractivity contribution in [1.82, 2.24) is 24.8 Å². The SMILES string of the molecule is COc1cnc(O[C@@H]2C[C@H]3C(=O)N[C@]4(C(=O)NS(=O)(=O)C5(CF)CC5)C[C@H]4C=CCC[C@H](C)C[C@@H](C)[C@H](N(C(=O)O)C(C)(C)C(C)(F)F)C(=O)N3C2)c2ccccc12. The summed E-state index contributed by atoms with van der Waals surface area (Å²) in [6.45, 7) is 4.70. The van der Waals surface area contributed by atoms with Crippen molar-refractivity contribution < 1.29 is 55.3 Å². The Hall–Kier alpha value is -4.61. The molecule has 0 unspecified atom stereocenters. The van der Waals surface area contributed by atoms with E-state index < -0.39 is 92.3 Å². The third kappa shape index (κ3) is 7.79. The molecule has 0 radical (unpaired) electrons. The Morgan fingerprint density at radius 2 is 1.79 bits per heavy atom. The molecule has 3 N–H and O–H groups in total. The van der Waals surface area contributed by atoms with Crippen molar-refractivity contribution in [3.63, 3.8) is 0 Å². The summed E-state index contributed by atoms with van der Waals surface area (Å²) in [4.78, 5) is 62.7. The highest BCUT2D eigenvalue weighted by Crippen LogP contribution is 2.48. The molecule has 318 valence electrons. The number of sulfonamides is 1. The van der Waals surface area contributed by atoms with Crippen molar-refractivity contribution in [3.05, 3.63) is 42.6 Å². The van der Waals surface area contributed by atoms with E-state index in [0.717, 1.165) is 18.7 Å². The Balaban J connectivity index is 1.42. The number of benzene rings is 1. The molecule has 1 aromatic carbocycles. The van der Waals surface area contributed by atoms with Gasteiger partial charge in [-0.25, -0.2) is 31.4 Å². The minimum Gasteiger partial charge on any atom is -0.494 e. The number of fused-ring (bicyclic) bond motifs is 3. The van der Waals surface area contributed by atoms with Crippen LogP contribution in [-0.2, 0) is 24.4 Å². The Bertz CT molecular complexity index is 2090. The van der Waals surface area contributed by atoms with E-state index in [1.54, 1.807) is 43.3 Å². The number of halogens is 3. The smallest absolute Gasteiger partial charge is 0.408 e. The second kappa shape index (κ2) is 15.5. The molecule has 4 aliphatic rings. The third-order valence-corrected chi connectivity index (χ3v) is 14.7. The first-order valence-electron chi connectivity index (χ1n) is 19.5. The van der Waals surface area contributed by atoms with Crippen LogP contribution in [0, 0.1) is 17.8 Å². The summed E-state index contributed by atoms with van der Waals surface area (Å²) in [7, 11) is -2.99. The van der Waals surface area contributed by atoms with Crippen molar-refractivity contribution in [2.24, 2.45) is 17.8 Å². The summed E-state index contributed by atoms with van der Waals surface area (Å²) in [6, 6.07) is 3.96. The van der Waals surface area contributed by atoms with Crippen LogP contribution >= 0.6 is 0 Å². The van der Waals surface area contributed by atoms with E-state index in [-0.39, 0.29) is 50.4 Å². The van der Waals surface area contributed by atoms with Gasteiger partial charge in [0.25, 0.3) is 11.8 Å². The van der Waals surface area contributed by atoms with Crippen LogP contribution in [0.5, 0.6) is 11.6 Å². The van der Waals surface area contributed by atoms with Crippen LogP contribution in [0.4, 0.5) is 18.0 Å². The Labute approximate surface area is 335 Å². The average molecular weight is 836 g/mol. The predicted octanol–water partition coefficient (Wildman–Crippen LogP) is 5.21. The summed E-state index contributed by atoms with van der Waals surface area (Å²) in [5.74, 6) is -7.45. The van der Waals surface area contributed by atoms with Gasteiger partial charge in [-0.05, 0) is 70.3 Å². The van der Waals surface area contributed by atoms with Gasteiger partial charge in [0, 0.05) is 30.0 Å². The molecule has 1 saturated heterocycles. The molecule has 18 heteroatoms. The lowest BCUT2D eigenvalue weighted by atomic mass is 9.84. The van der Waals surface area contributed by atoms with Gasteiger partial charge in [0.05, 0.1) is 19.9 Å². The number of amides is 4. The number of aromatic nitrogens is 1. The zero-order valence-electron chi connectivity index (χ0n) is 33.5. The lowest BCUT2D eigenvalue weighted by molar-refractivity contribution is -0.156. The van der Waals surface area contributed by atoms with E-state index in [9.17, 15) is 32.3 Å². The number of nitrogens with one attached hydrogen (secondary N) is 2. The number of carboxylic acid groups (broad SMARTS) is 1. The Morgan fingerprint density at radius 3 is 2.40 bits per heavy atom. The van der Waals surface area contributed by atoms with Crippen molar-refractivity contribution in [2.75, 3.05) is 20.3 Å². The Morgan fingerprint density at radius 1 is 1.12 bits per heavy atom. The summed E-state index contributed by atoms with van der Waals surface area (Å²) >= 11 is 0. The van der Waals surface area contributed by atoms with Crippen LogP contribution in [0.1, 0.15) is 79.6 Å². The highest BCUT2D eigenvalue weighted by molar-refractivity contribution is 7.91. The van der Waals surface area contributed by atoms with Gasteiger partial charge in [-0.1, -0.05) is 44.2 Å². The maximum atomic E-state index is 15.3. The number of ether oxygens (including phenoxy) is 2. The van der Waals surface area contributed by atoms with Gasteiger partial charge in [-0.3, -0.25) is 24.0 Å². The van der Waals surface area contributed by atoms with Crippen LogP contribution in [0.15, 0.2) is 42.6 Å². The van der Waals surface area contributed by atoms with Gasteiger partial charge in [-0.15, -0.1) is 0 Å². The number of pyridine rings is 1. The molecule has 58 heavy (non-hydrogen) atoms. The molecule has 2 saturated carbocycles. The molecule has 3 fully saturated rings. The topological polar surface area (TPSA) is 185 Å². The van der Waals surface area contributed by atoms with E-state index in [1.807, 2.05) is 11.6 Å². The fourth-order valence-corrected chi connectivity index (χ4v) is 9.79. The molecule has 2 aliphatic carbocycles. The molecule has 4 amide bonds. The fourth-order valence-electron chi connectivity index (χ4n) is 8.37. The lowest BCUT2D eigenvalue weighted by Gasteiger charge is -2.47. The minimum atomic E-state index is -4.47. The molecular weight excluding hydrogens is 784 g/mol. The zero-order chi connectivity index (χ0) is 42.6. The first-order chi connectivity index (χ1) is 27.1. The number of methoxy groups -OCH3 is 1. The molecule has 6 rings (SSSR count). The molecule has 14 nitrogen and oxygen atoms in total. The lowest BCUT2D eigenvalue weighted by Crippen LogP contribution is -2.66. The van der Waals surface area contributed by atoms with Crippen LogP contribution in [0.3, 0.4) is 0 Å². The van der Waals surface area contributed by atoms with Gasteiger partial charge < -0.3 is 24.8 Å². The number of rotatable bonds is 10. The van der Waals surface area contributed by atoms with Crippen LogP contribution in [-0.4, -0.2) is 112 Å². The summed E-state index contributed by atoms with van der Waals surface area (Å²) in [5, 5.41) is 14.5. The zero-order valence-corrected chi connectivity index (χ0v) is 34.3. The number of hydrogen-bond donors (Lipinski definition) is 3. The monoisotopic (exact) mass is 835 g/mol. The van der Waals surface area contributed by atoms with E-state index in [1.165, 1.54) is 13.3 Å². The second-order valence-corrected chi connectivity index (χ2v) is 19.1. The number of carbonyl (C=O) groups excluding carboxylic acids is 3. The largest absolute Gasteiger partial charge is 0.494 e. The number of alkyl halides is 3. The predicted molar refractivity (Wildman–Crippen MR) is 206 cm³/mol. The van der Waals surface area contributed by atoms with E-state index in [0.29, 0.717) is 41.2 Å². The van der Waals surface area contributed by atoms with Gasteiger partial charge >= 0.3 is 6.09 Å².